The first kappa shape index (κ1) is 13.6. The first-order chi connectivity index (χ1) is 9.10. The van der Waals surface area contributed by atoms with Crippen LogP contribution < -0.4 is 4.74 Å². The molecule has 0 fully saturated rings. The van der Waals surface area contributed by atoms with E-state index in [-0.39, 0.29) is 16.6 Å². The van der Waals surface area contributed by atoms with Gasteiger partial charge in [-0.2, -0.15) is 4.98 Å². The molecule has 2 aromatic rings. The van der Waals surface area contributed by atoms with Crippen molar-refractivity contribution in [2.45, 2.75) is 9.92 Å². The summed E-state index contributed by atoms with van der Waals surface area (Å²) >= 11 is 7.11. The molecule has 0 atom stereocenters. The van der Waals surface area contributed by atoms with Crippen molar-refractivity contribution in [1.29, 1.82) is 0 Å². The highest BCUT2D eigenvalue weighted by molar-refractivity contribution is 7.99. The number of hydrogen-bond donors (Lipinski definition) is 1. The van der Waals surface area contributed by atoms with Gasteiger partial charge in [0.05, 0.1) is 17.7 Å². The van der Waals surface area contributed by atoms with Gasteiger partial charge in [0.25, 0.3) is 0 Å². The van der Waals surface area contributed by atoms with Gasteiger partial charge in [-0.05, 0) is 24.3 Å². The van der Waals surface area contributed by atoms with Crippen LogP contribution in [0.25, 0.3) is 0 Å². The lowest BCUT2D eigenvalue weighted by Crippen LogP contribution is -1.97. The number of aromatic nitrogens is 2. The highest BCUT2D eigenvalue weighted by Gasteiger charge is 2.10. The maximum absolute atomic E-state index is 11.0. The van der Waals surface area contributed by atoms with Gasteiger partial charge in [-0.1, -0.05) is 23.4 Å². The fraction of sp³-hybridized carbons (Fsp3) is 0.0833. The van der Waals surface area contributed by atoms with Crippen LogP contribution in [0.1, 0.15) is 10.4 Å². The highest BCUT2D eigenvalue weighted by Crippen LogP contribution is 2.29. The Bertz CT molecular complexity index is 622. The summed E-state index contributed by atoms with van der Waals surface area (Å²) in [5, 5.41) is 9.86. The molecule has 0 bridgehead atoms. The van der Waals surface area contributed by atoms with E-state index in [4.69, 9.17) is 21.4 Å². The summed E-state index contributed by atoms with van der Waals surface area (Å²) in [6, 6.07) is 6.75. The standard InChI is InChI=1S/C12H9ClN2O3S/c1-18-12-14-5-4-10(15-12)19-7-2-3-9(13)8(6-7)11(16)17/h2-6H,1H3,(H,16,17). The smallest absolute Gasteiger partial charge is 0.337 e. The molecule has 5 nitrogen and oxygen atoms in total. The van der Waals surface area contributed by atoms with Crippen molar-refractivity contribution in [3.8, 4) is 6.01 Å². The number of carboxylic acid groups (broad SMARTS) is 1. The molecule has 19 heavy (non-hydrogen) atoms. The Morgan fingerprint density at radius 1 is 1.42 bits per heavy atom. The average molecular weight is 297 g/mol. The quantitative estimate of drug-likeness (QED) is 0.875. The van der Waals surface area contributed by atoms with Crippen molar-refractivity contribution >= 4 is 29.3 Å². The van der Waals surface area contributed by atoms with Crippen molar-refractivity contribution in [1.82, 2.24) is 9.97 Å². The summed E-state index contributed by atoms with van der Waals surface area (Å²) in [7, 11) is 1.48. The maximum atomic E-state index is 11.0. The third kappa shape index (κ3) is 3.36. The number of nitrogens with zero attached hydrogens (tertiary/aromatic N) is 2. The van der Waals surface area contributed by atoms with Crippen molar-refractivity contribution in [2.24, 2.45) is 0 Å². The Labute approximate surface area is 118 Å². The second-order valence-electron chi connectivity index (χ2n) is 3.43. The van der Waals surface area contributed by atoms with E-state index >= 15 is 0 Å². The van der Waals surface area contributed by atoms with E-state index in [1.807, 2.05) is 0 Å². The fourth-order valence-corrected chi connectivity index (χ4v) is 2.34. The van der Waals surface area contributed by atoms with Crippen molar-refractivity contribution < 1.29 is 14.6 Å². The number of carbonyl (C=O) groups is 1. The Kier molecular flexibility index (Phi) is 4.24. The van der Waals surface area contributed by atoms with Gasteiger partial charge in [0.1, 0.15) is 5.03 Å². The van der Waals surface area contributed by atoms with E-state index in [0.717, 1.165) is 4.90 Å². The third-order valence-corrected chi connectivity index (χ3v) is 3.44. The number of aromatic carboxylic acids is 1. The molecule has 1 heterocycles. The van der Waals surface area contributed by atoms with Crippen LogP contribution in [0.2, 0.25) is 5.02 Å². The lowest BCUT2D eigenvalue weighted by molar-refractivity contribution is 0.0697. The molecule has 0 spiro atoms. The first-order valence-corrected chi connectivity index (χ1v) is 6.37. The van der Waals surface area contributed by atoms with Gasteiger partial charge in [0.15, 0.2) is 0 Å². The zero-order valence-corrected chi connectivity index (χ0v) is 11.4. The molecule has 1 aromatic carbocycles. The molecule has 0 aliphatic carbocycles. The summed E-state index contributed by atoms with van der Waals surface area (Å²) < 4.78 is 4.92. The lowest BCUT2D eigenvalue weighted by Gasteiger charge is -2.04. The van der Waals surface area contributed by atoms with Crippen LogP contribution in [0.3, 0.4) is 0 Å². The lowest BCUT2D eigenvalue weighted by atomic mass is 10.2. The molecular weight excluding hydrogens is 288 g/mol. The van der Waals surface area contributed by atoms with Gasteiger partial charge in [-0.15, -0.1) is 0 Å². The minimum absolute atomic E-state index is 0.0627. The molecule has 0 saturated heterocycles. The van der Waals surface area contributed by atoms with Gasteiger partial charge in [-0.25, -0.2) is 9.78 Å². The molecule has 0 aliphatic heterocycles. The van der Waals surface area contributed by atoms with Crippen LogP contribution in [0.15, 0.2) is 40.4 Å². The normalized spacial score (nSPS) is 10.2. The van der Waals surface area contributed by atoms with Crippen molar-refractivity contribution in [3.63, 3.8) is 0 Å². The molecule has 0 amide bonds. The van der Waals surface area contributed by atoms with Gasteiger partial charge < -0.3 is 9.84 Å². The highest BCUT2D eigenvalue weighted by atomic mass is 35.5. The monoisotopic (exact) mass is 296 g/mol. The molecule has 0 aliphatic rings. The SMILES string of the molecule is COc1nccc(Sc2ccc(Cl)c(C(=O)O)c2)n1. The number of methoxy groups -OCH3 is 1. The van der Waals surface area contributed by atoms with Crippen molar-refractivity contribution in [3.05, 3.63) is 41.0 Å². The number of ether oxygens (including phenoxy) is 1. The number of carboxylic acids is 1. The predicted octanol–water partition coefficient (Wildman–Crippen LogP) is 2.99. The molecule has 0 radical (unpaired) electrons. The largest absolute Gasteiger partial charge is 0.478 e. The molecule has 0 saturated carbocycles. The van der Waals surface area contributed by atoms with Gasteiger partial charge >= 0.3 is 12.0 Å². The van der Waals surface area contributed by atoms with Gasteiger partial charge in [0, 0.05) is 11.1 Å². The summed E-state index contributed by atoms with van der Waals surface area (Å²) in [4.78, 5) is 19.7. The van der Waals surface area contributed by atoms with Gasteiger partial charge in [0.2, 0.25) is 0 Å². The van der Waals surface area contributed by atoms with Crippen LogP contribution in [0.4, 0.5) is 0 Å². The molecule has 7 heteroatoms. The number of hydrogen-bond acceptors (Lipinski definition) is 5. The van der Waals surface area contributed by atoms with Crippen LogP contribution in [0.5, 0.6) is 6.01 Å². The maximum Gasteiger partial charge on any atom is 0.337 e. The fourth-order valence-electron chi connectivity index (χ4n) is 1.33. The van der Waals surface area contributed by atoms with Crippen molar-refractivity contribution in [2.75, 3.05) is 7.11 Å². The molecule has 1 N–H and O–H groups in total. The minimum Gasteiger partial charge on any atom is -0.478 e. The predicted molar refractivity (Wildman–Crippen MR) is 71.1 cm³/mol. The van der Waals surface area contributed by atoms with E-state index in [9.17, 15) is 4.79 Å². The minimum atomic E-state index is -1.06. The Hall–Kier alpha value is -1.79. The number of benzene rings is 1. The molecule has 2 rings (SSSR count). The Morgan fingerprint density at radius 3 is 2.89 bits per heavy atom. The first-order valence-electron chi connectivity index (χ1n) is 5.18. The zero-order valence-electron chi connectivity index (χ0n) is 9.83. The van der Waals surface area contributed by atoms with E-state index < -0.39 is 5.97 Å². The second kappa shape index (κ2) is 5.90. The summed E-state index contributed by atoms with van der Waals surface area (Å²) in [6.45, 7) is 0. The zero-order chi connectivity index (χ0) is 13.8. The third-order valence-electron chi connectivity index (χ3n) is 2.18. The molecule has 1 aromatic heterocycles. The Morgan fingerprint density at radius 2 is 2.21 bits per heavy atom. The van der Waals surface area contributed by atoms with E-state index in [1.165, 1.54) is 24.9 Å². The average Bonchev–Trinajstić information content (AvgIpc) is 2.41. The van der Waals surface area contributed by atoms with E-state index in [0.29, 0.717) is 5.03 Å². The van der Waals surface area contributed by atoms with Crippen LogP contribution in [-0.4, -0.2) is 28.2 Å². The van der Waals surface area contributed by atoms with E-state index in [1.54, 1.807) is 24.4 Å². The van der Waals surface area contributed by atoms with Gasteiger partial charge in [-0.3, -0.25) is 0 Å². The van der Waals surface area contributed by atoms with E-state index in [2.05, 4.69) is 9.97 Å². The molecule has 0 unspecified atom stereocenters. The number of rotatable bonds is 4. The molecular formula is C12H9ClN2O3S. The van der Waals surface area contributed by atoms with Crippen LogP contribution in [-0.2, 0) is 0 Å². The molecule has 98 valence electrons. The Balaban J connectivity index is 2.28. The second-order valence-corrected chi connectivity index (χ2v) is 4.93. The summed E-state index contributed by atoms with van der Waals surface area (Å²) in [5.41, 5.74) is 0.0627. The summed E-state index contributed by atoms with van der Waals surface area (Å²) in [6.07, 6.45) is 1.57. The van der Waals surface area contributed by atoms with Crippen LogP contribution in [0, 0.1) is 0 Å². The summed E-state index contributed by atoms with van der Waals surface area (Å²) in [5.74, 6) is -1.06. The number of halogens is 1. The topological polar surface area (TPSA) is 72.3 Å². The van der Waals surface area contributed by atoms with Crippen LogP contribution >= 0.6 is 23.4 Å².